The number of fused-ring (bicyclic) bond motifs is 1. The van der Waals surface area contributed by atoms with Crippen LogP contribution in [0.5, 0.6) is 5.75 Å². The van der Waals surface area contributed by atoms with E-state index in [0.717, 1.165) is 16.7 Å². The van der Waals surface area contributed by atoms with Gasteiger partial charge >= 0.3 is 15.6 Å². The number of aryl methyl sites for hydroxylation is 4. The summed E-state index contributed by atoms with van der Waals surface area (Å²) in [6.45, 7) is 7.24. The van der Waals surface area contributed by atoms with Crippen molar-refractivity contribution in [3.8, 4) is 17.1 Å². The third-order valence-electron chi connectivity index (χ3n) is 5.97. The van der Waals surface area contributed by atoms with Gasteiger partial charge in [-0.1, -0.05) is 18.2 Å². The molecule has 4 rings (SSSR count). The summed E-state index contributed by atoms with van der Waals surface area (Å²) in [6, 6.07) is 13.5. The summed E-state index contributed by atoms with van der Waals surface area (Å²) < 4.78 is 65.0. The number of hydrogen-bond acceptors (Lipinski definition) is 5. The van der Waals surface area contributed by atoms with Crippen molar-refractivity contribution in [3.05, 3.63) is 81.9 Å². The predicted molar refractivity (Wildman–Crippen MR) is 131 cm³/mol. The summed E-state index contributed by atoms with van der Waals surface area (Å²) in [5, 5.41) is 0. The molecule has 1 N–H and O–H groups in total. The maximum absolute atomic E-state index is 12.9. The number of H-pyrrole nitrogens is 1. The van der Waals surface area contributed by atoms with Gasteiger partial charge in [-0.25, -0.2) is 4.98 Å². The van der Waals surface area contributed by atoms with Crippen LogP contribution in [0.25, 0.3) is 22.4 Å². The van der Waals surface area contributed by atoms with Crippen molar-refractivity contribution in [2.45, 2.75) is 39.6 Å². The number of nitrogens with one attached hydrogen (secondary N) is 1. The van der Waals surface area contributed by atoms with Crippen molar-refractivity contribution in [2.24, 2.45) is 0 Å². The number of alkyl halides is 3. The Balaban J connectivity index is 1.63. The maximum Gasteiger partial charge on any atom is 0.534 e. The van der Waals surface area contributed by atoms with Gasteiger partial charge in [0.05, 0.1) is 11.0 Å². The largest absolute Gasteiger partial charge is 0.534 e. The molecule has 0 aliphatic carbocycles. The van der Waals surface area contributed by atoms with E-state index < -0.39 is 21.4 Å². The van der Waals surface area contributed by atoms with Gasteiger partial charge in [0.2, 0.25) is 0 Å². The van der Waals surface area contributed by atoms with Crippen LogP contribution in [0, 0.1) is 27.7 Å². The molecule has 0 saturated carbocycles. The zero-order valence-electron chi connectivity index (χ0n) is 19.9. The summed E-state index contributed by atoms with van der Waals surface area (Å²) in [5.41, 5.74) is 0.934. The van der Waals surface area contributed by atoms with E-state index in [1.54, 1.807) is 32.0 Å². The smallest absolute Gasteiger partial charge is 0.376 e. The summed E-state index contributed by atoms with van der Waals surface area (Å²) in [4.78, 5) is 20.6. The molecule has 0 saturated heterocycles. The zero-order chi connectivity index (χ0) is 26.4. The highest BCUT2D eigenvalue weighted by molar-refractivity contribution is 7.88. The average molecular weight is 517 g/mol. The van der Waals surface area contributed by atoms with E-state index in [0.29, 0.717) is 39.1 Å². The van der Waals surface area contributed by atoms with E-state index in [-0.39, 0.29) is 12.2 Å². The number of imidazole rings is 1. The Hall–Kier alpha value is -3.66. The Morgan fingerprint density at radius 2 is 1.58 bits per heavy atom. The minimum atomic E-state index is -5.78. The van der Waals surface area contributed by atoms with E-state index in [1.807, 2.05) is 32.0 Å². The number of hydrogen-bond donors (Lipinski definition) is 1. The third-order valence-corrected chi connectivity index (χ3v) is 6.95. The number of rotatable bonds is 6. The predicted octanol–water partition coefficient (Wildman–Crippen LogP) is 6.12. The third kappa shape index (κ3) is 4.99. The van der Waals surface area contributed by atoms with Gasteiger partial charge in [0.15, 0.2) is 5.78 Å². The lowest BCUT2D eigenvalue weighted by atomic mass is 9.99. The van der Waals surface area contributed by atoms with Gasteiger partial charge in [-0.15, -0.1) is 0 Å². The van der Waals surface area contributed by atoms with Crippen LogP contribution in [0.15, 0.2) is 48.5 Å². The first kappa shape index (κ1) is 25.4. The highest BCUT2D eigenvalue weighted by atomic mass is 32.2. The fourth-order valence-corrected chi connectivity index (χ4v) is 4.47. The van der Waals surface area contributed by atoms with Gasteiger partial charge in [-0.3, -0.25) is 4.79 Å². The maximum atomic E-state index is 12.9. The topological polar surface area (TPSA) is 89.1 Å². The lowest BCUT2D eigenvalue weighted by molar-refractivity contribution is -0.0500. The average Bonchev–Trinajstić information content (AvgIpc) is 3.17. The Bertz CT molecular complexity index is 1580. The summed E-state index contributed by atoms with van der Waals surface area (Å²) >= 11 is 0. The molecule has 10 heteroatoms. The molecule has 0 aliphatic rings. The highest BCUT2D eigenvalue weighted by Crippen LogP contribution is 2.33. The van der Waals surface area contributed by atoms with Crippen molar-refractivity contribution in [3.63, 3.8) is 0 Å². The Morgan fingerprint density at radius 1 is 0.917 bits per heavy atom. The van der Waals surface area contributed by atoms with Crippen LogP contribution in [-0.2, 0) is 16.5 Å². The minimum Gasteiger partial charge on any atom is -0.376 e. The molecule has 0 bridgehead atoms. The number of carbonyl (C=O) groups is 1. The van der Waals surface area contributed by atoms with Crippen LogP contribution in [-0.4, -0.2) is 29.7 Å². The summed E-state index contributed by atoms with van der Waals surface area (Å²) in [7, 11) is -5.78. The van der Waals surface area contributed by atoms with E-state index >= 15 is 0 Å². The molecule has 4 aromatic rings. The van der Waals surface area contributed by atoms with Gasteiger partial charge in [0.25, 0.3) is 0 Å². The second kappa shape index (κ2) is 9.09. The molecule has 0 aliphatic heterocycles. The second-order valence-electron chi connectivity index (χ2n) is 8.75. The van der Waals surface area contributed by atoms with Crippen molar-refractivity contribution in [1.82, 2.24) is 9.97 Å². The number of aromatic nitrogens is 2. The fraction of sp³-hybridized carbons (Fsp3) is 0.231. The lowest BCUT2D eigenvalue weighted by Crippen LogP contribution is -2.28. The number of benzene rings is 3. The zero-order valence-corrected chi connectivity index (χ0v) is 20.8. The van der Waals surface area contributed by atoms with Crippen molar-refractivity contribution in [1.29, 1.82) is 0 Å². The molecule has 188 valence electrons. The van der Waals surface area contributed by atoms with Crippen molar-refractivity contribution >= 4 is 26.9 Å². The number of aromatic amines is 1. The Labute approximate surface area is 206 Å². The van der Waals surface area contributed by atoms with E-state index in [4.69, 9.17) is 0 Å². The number of nitrogens with zero attached hydrogens (tertiary/aromatic N) is 1. The summed E-state index contributed by atoms with van der Waals surface area (Å²) in [6.07, 6.45) is 0.258. The standard InChI is InChI=1S/C26H23F3N2O4S/c1-14-5-6-18(9-15(14)2)12-23(32)19-7-8-21-22(13-19)31-25(30-21)24-16(3)10-20(11-17(24)4)35-36(33,34)26(27,28)29/h5-11,13H,12H2,1-4H3,(H,30,31). The van der Waals surface area contributed by atoms with Gasteiger partial charge in [0.1, 0.15) is 11.6 Å². The molecular formula is C26H23F3N2O4S. The first-order valence-electron chi connectivity index (χ1n) is 11.0. The molecule has 0 amide bonds. The molecule has 1 heterocycles. The summed E-state index contributed by atoms with van der Waals surface area (Å²) in [5.74, 6) is -0.0542. The van der Waals surface area contributed by atoms with Gasteiger partial charge < -0.3 is 9.17 Å². The van der Waals surface area contributed by atoms with Crippen LogP contribution in [0.1, 0.15) is 38.2 Å². The van der Waals surface area contributed by atoms with Gasteiger partial charge in [-0.05, 0) is 85.8 Å². The molecule has 0 unspecified atom stereocenters. The quantitative estimate of drug-likeness (QED) is 0.190. The molecule has 0 spiro atoms. The number of halogens is 3. The molecular weight excluding hydrogens is 493 g/mol. The van der Waals surface area contributed by atoms with Crippen LogP contribution in [0.4, 0.5) is 13.2 Å². The fourth-order valence-electron chi connectivity index (χ4n) is 4.02. The van der Waals surface area contributed by atoms with Gasteiger partial charge in [0, 0.05) is 17.5 Å². The Kier molecular flexibility index (Phi) is 6.42. The van der Waals surface area contributed by atoms with Crippen LogP contribution in [0.3, 0.4) is 0 Å². The number of Topliss-reactive ketones (excluding diaryl/α,β-unsaturated/α-hetero) is 1. The molecule has 3 aromatic carbocycles. The van der Waals surface area contributed by atoms with E-state index in [1.165, 1.54) is 12.1 Å². The van der Waals surface area contributed by atoms with E-state index in [2.05, 4.69) is 14.2 Å². The first-order chi connectivity index (χ1) is 16.7. The molecule has 0 atom stereocenters. The molecule has 6 nitrogen and oxygen atoms in total. The number of carbonyl (C=O) groups excluding carboxylic acids is 1. The SMILES string of the molecule is Cc1ccc(CC(=O)c2ccc3nc(-c4c(C)cc(OS(=O)(=O)C(F)(F)F)cc4C)[nH]c3c2)cc1C. The van der Waals surface area contributed by atoms with Crippen LogP contribution >= 0.6 is 0 Å². The monoisotopic (exact) mass is 516 g/mol. The lowest BCUT2D eigenvalue weighted by Gasteiger charge is -2.13. The van der Waals surface area contributed by atoms with E-state index in [9.17, 15) is 26.4 Å². The first-order valence-corrected chi connectivity index (χ1v) is 12.4. The highest BCUT2D eigenvalue weighted by Gasteiger charge is 2.48. The molecule has 36 heavy (non-hydrogen) atoms. The van der Waals surface area contributed by atoms with Gasteiger partial charge in [-0.2, -0.15) is 21.6 Å². The molecule has 1 aromatic heterocycles. The minimum absolute atomic E-state index is 0.0453. The van der Waals surface area contributed by atoms with Crippen molar-refractivity contribution < 1.29 is 30.6 Å². The number of ketones is 1. The van der Waals surface area contributed by atoms with Crippen LogP contribution in [0.2, 0.25) is 0 Å². The normalized spacial score (nSPS) is 12.2. The molecule has 0 radical (unpaired) electrons. The van der Waals surface area contributed by atoms with Crippen molar-refractivity contribution in [2.75, 3.05) is 0 Å². The molecule has 0 fully saturated rings. The van der Waals surface area contributed by atoms with Crippen LogP contribution < -0.4 is 4.18 Å². The second-order valence-corrected chi connectivity index (χ2v) is 10.3. The Morgan fingerprint density at radius 3 is 2.19 bits per heavy atom.